The van der Waals surface area contributed by atoms with E-state index >= 15 is 0 Å². The van der Waals surface area contributed by atoms with Crippen LogP contribution in [0.2, 0.25) is 0 Å². The minimum Gasteiger partial charge on any atom is -0.389 e. The Balaban J connectivity index is 3.54. The summed E-state index contributed by atoms with van der Waals surface area (Å²) in [5.41, 5.74) is 0. The highest BCUT2D eigenvalue weighted by molar-refractivity contribution is 4.93. The minimum absolute atomic E-state index is 0.382. The van der Waals surface area contributed by atoms with Gasteiger partial charge >= 0.3 is 0 Å². The van der Waals surface area contributed by atoms with Gasteiger partial charge in [0.05, 0.1) is 12.2 Å². The van der Waals surface area contributed by atoms with Crippen LogP contribution in [0.1, 0.15) is 65.2 Å². The lowest BCUT2D eigenvalue weighted by Crippen LogP contribution is -2.06. The molecule has 0 aliphatic carbocycles. The molecule has 0 aromatic carbocycles. The third kappa shape index (κ3) is 10.2. The normalized spacial score (nSPS) is 15.5. The zero-order valence-corrected chi connectivity index (χ0v) is 10.9. The molecule has 2 N–H and O–H groups in total. The molecule has 0 spiro atoms. The van der Waals surface area contributed by atoms with Crippen molar-refractivity contribution in [2.75, 3.05) is 0 Å². The fourth-order valence-corrected chi connectivity index (χ4v) is 1.66. The van der Waals surface area contributed by atoms with Crippen LogP contribution in [0.15, 0.2) is 12.2 Å². The van der Waals surface area contributed by atoms with Crippen molar-refractivity contribution in [3.63, 3.8) is 0 Å². The van der Waals surface area contributed by atoms with Crippen molar-refractivity contribution < 1.29 is 10.2 Å². The lowest BCUT2D eigenvalue weighted by atomic mass is 10.1. The lowest BCUT2D eigenvalue weighted by molar-refractivity contribution is 0.192. The first-order chi connectivity index (χ1) is 7.70. The standard InChI is InChI=1S/C14H28O2/c1-3-5-7-9-13(15)11-12-14(16)10-8-6-4-2/h11-16H,3-10H2,1-2H3/b12-11+/t13-,14+. The van der Waals surface area contributed by atoms with E-state index in [0.29, 0.717) is 0 Å². The number of unbranched alkanes of at least 4 members (excludes halogenated alkanes) is 4. The average Bonchev–Trinajstić information content (AvgIpc) is 2.27. The summed E-state index contributed by atoms with van der Waals surface area (Å²) in [6.07, 6.45) is 11.2. The number of rotatable bonds is 10. The summed E-state index contributed by atoms with van der Waals surface area (Å²) in [5, 5.41) is 19.2. The summed E-state index contributed by atoms with van der Waals surface area (Å²) in [4.78, 5) is 0. The Morgan fingerprint density at radius 2 is 1.12 bits per heavy atom. The SMILES string of the molecule is CCCCC[C@H](O)/C=C/[C@H](O)CCCCC. The molecule has 0 aromatic heterocycles. The fourth-order valence-electron chi connectivity index (χ4n) is 1.66. The molecule has 0 amide bonds. The van der Waals surface area contributed by atoms with E-state index in [9.17, 15) is 10.2 Å². The van der Waals surface area contributed by atoms with Gasteiger partial charge in [-0.05, 0) is 12.8 Å². The second-order valence-corrected chi connectivity index (χ2v) is 4.51. The minimum atomic E-state index is -0.382. The second kappa shape index (κ2) is 11.2. The molecule has 96 valence electrons. The van der Waals surface area contributed by atoms with Crippen LogP contribution in [-0.4, -0.2) is 22.4 Å². The van der Waals surface area contributed by atoms with Crippen LogP contribution >= 0.6 is 0 Å². The monoisotopic (exact) mass is 228 g/mol. The molecule has 2 nitrogen and oxygen atoms in total. The summed E-state index contributed by atoms with van der Waals surface area (Å²) < 4.78 is 0. The summed E-state index contributed by atoms with van der Waals surface area (Å²) in [5.74, 6) is 0. The van der Waals surface area contributed by atoms with E-state index in [4.69, 9.17) is 0 Å². The molecule has 0 aromatic rings. The number of aliphatic hydroxyl groups excluding tert-OH is 2. The van der Waals surface area contributed by atoms with Gasteiger partial charge in [0.2, 0.25) is 0 Å². The Bertz CT molecular complexity index is 148. The Hall–Kier alpha value is -0.340. The lowest BCUT2D eigenvalue weighted by Gasteiger charge is -2.07. The maximum absolute atomic E-state index is 9.60. The molecule has 0 unspecified atom stereocenters. The van der Waals surface area contributed by atoms with Crippen molar-refractivity contribution in [1.82, 2.24) is 0 Å². The Kier molecular flexibility index (Phi) is 10.9. The van der Waals surface area contributed by atoms with Gasteiger partial charge < -0.3 is 10.2 Å². The van der Waals surface area contributed by atoms with Crippen molar-refractivity contribution in [2.45, 2.75) is 77.4 Å². The molecule has 0 aliphatic heterocycles. The maximum atomic E-state index is 9.60. The molecule has 0 rings (SSSR count). The highest BCUT2D eigenvalue weighted by Gasteiger charge is 2.01. The first kappa shape index (κ1) is 15.7. The van der Waals surface area contributed by atoms with Gasteiger partial charge in [0.25, 0.3) is 0 Å². The predicted octanol–water partition coefficient (Wildman–Crippen LogP) is 3.43. The molecule has 2 heteroatoms. The van der Waals surface area contributed by atoms with E-state index in [1.807, 2.05) is 0 Å². The van der Waals surface area contributed by atoms with Crippen LogP contribution in [0.5, 0.6) is 0 Å². The molecular weight excluding hydrogens is 200 g/mol. The van der Waals surface area contributed by atoms with Crippen molar-refractivity contribution in [3.8, 4) is 0 Å². The average molecular weight is 228 g/mol. The van der Waals surface area contributed by atoms with Crippen LogP contribution in [0, 0.1) is 0 Å². The van der Waals surface area contributed by atoms with Gasteiger partial charge in [-0.3, -0.25) is 0 Å². The topological polar surface area (TPSA) is 40.5 Å². The van der Waals surface area contributed by atoms with Crippen LogP contribution in [0.25, 0.3) is 0 Å². The van der Waals surface area contributed by atoms with E-state index in [2.05, 4.69) is 13.8 Å². The highest BCUT2D eigenvalue weighted by atomic mass is 16.3. The Morgan fingerprint density at radius 1 is 0.750 bits per heavy atom. The molecule has 0 aliphatic rings. The molecule has 16 heavy (non-hydrogen) atoms. The molecular formula is C14H28O2. The molecule has 0 saturated carbocycles. The molecule has 0 saturated heterocycles. The van der Waals surface area contributed by atoms with Crippen LogP contribution < -0.4 is 0 Å². The van der Waals surface area contributed by atoms with Gasteiger partial charge in [-0.25, -0.2) is 0 Å². The first-order valence-electron chi connectivity index (χ1n) is 6.75. The first-order valence-corrected chi connectivity index (χ1v) is 6.75. The van der Waals surface area contributed by atoms with Crippen molar-refractivity contribution in [3.05, 3.63) is 12.2 Å². The van der Waals surface area contributed by atoms with Gasteiger partial charge in [-0.15, -0.1) is 0 Å². The van der Waals surface area contributed by atoms with Gasteiger partial charge in [0.1, 0.15) is 0 Å². The van der Waals surface area contributed by atoms with E-state index in [-0.39, 0.29) is 12.2 Å². The molecule has 2 atom stereocenters. The Labute approximate surface area is 100 Å². The van der Waals surface area contributed by atoms with E-state index < -0.39 is 0 Å². The van der Waals surface area contributed by atoms with E-state index in [1.165, 1.54) is 25.7 Å². The second-order valence-electron chi connectivity index (χ2n) is 4.51. The van der Waals surface area contributed by atoms with Gasteiger partial charge in [-0.1, -0.05) is 64.5 Å². The van der Waals surface area contributed by atoms with Crippen molar-refractivity contribution in [1.29, 1.82) is 0 Å². The highest BCUT2D eigenvalue weighted by Crippen LogP contribution is 2.07. The van der Waals surface area contributed by atoms with Gasteiger partial charge in [0, 0.05) is 0 Å². The number of hydrogen-bond acceptors (Lipinski definition) is 2. The fraction of sp³-hybridized carbons (Fsp3) is 0.857. The third-order valence-electron chi connectivity index (χ3n) is 2.76. The summed E-state index contributed by atoms with van der Waals surface area (Å²) >= 11 is 0. The summed E-state index contributed by atoms with van der Waals surface area (Å²) in [7, 11) is 0. The summed E-state index contributed by atoms with van der Waals surface area (Å²) in [6.45, 7) is 4.30. The quantitative estimate of drug-likeness (QED) is 0.444. The third-order valence-corrected chi connectivity index (χ3v) is 2.76. The zero-order chi connectivity index (χ0) is 12.2. The van der Waals surface area contributed by atoms with Gasteiger partial charge in [0.15, 0.2) is 0 Å². The van der Waals surface area contributed by atoms with Crippen LogP contribution in [-0.2, 0) is 0 Å². The Morgan fingerprint density at radius 3 is 1.44 bits per heavy atom. The molecule has 0 fully saturated rings. The predicted molar refractivity (Wildman–Crippen MR) is 69.4 cm³/mol. The van der Waals surface area contributed by atoms with Crippen LogP contribution in [0.3, 0.4) is 0 Å². The van der Waals surface area contributed by atoms with Crippen molar-refractivity contribution in [2.24, 2.45) is 0 Å². The van der Waals surface area contributed by atoms with Crippen molar-refractivity contribution >= 4 is 0 Å². The molecule has 0 heterocycles. The largest absolute Gasteiger partial charge is 0.389 e. The maximum Gasteiger partial charge on any atom is 0.0721 e. The number of hydrogen-bond donors (Lipinski definition) is 2. The van der Waals surface area contributed by atoms with E-state index in [1.54, 1.807) is 12.2 Å². The number of aliphatic hydroxyl groups is 2. The zero-order valence-electron chi connectivity index (χ0n) is 10.9. The summed E-state index contributed by atoms with van der Waals surface area (Å²) in [6, 6.07) is 0. The smallest absolute Gasteiger partial charge is 0.0721 e. The van der Waals surface area contributed by atoms with Crippen LogP contribution in [0.4, 0.5) is 0 Å². The van der Waals surface area contributed by atoms with E-state index in [0.717, 1.165) is 25.7 Å². The molecule has 0 radical (unpaired) electrons. The van der Waals surface area contributed by atoms with Gasteiger partial charge in [-0.2, -0.15) is 0 Å². The molecule has 0 bridgehead atoms.